The molecule has 0 radical (unpaired) electrons. The van der Waals surface area contributed by atoms with Crippen molar-refractivity contribution in [3.05, 3.63) is 23.3 Å². The number of phenolic OH excluding ortho intramolecular Hbond substituents is 1. The number of fused-ring (bicyclic) bond motifs is 1. The zero-order chi connectivity index (χ0) is 11.2. The highest BCUT2D eigenvalue weighted by molar-refractivity contribution is 5.55. The highest BCUT2D eigenvalue weighted by Gasteiger charge is 2.43. The van der Waals surface area contributed by atoms with Crippen LogP contribution in [-0.4, -0.2) is 18.3 Å². The molecule has 0 saturated carbocycles. The van der Waals surface area contributed by atoms with Crippen LogP contribution in [0.3, 0.4) is 0 Å². The van der Waals surface area contributed by atoms with Gasteiger partial charge in [0.05, 0.1) is 13.2 Å². The summed E-state index contributed by atoms with van der Waals surface area (Å²) < 4.78 is 10.8. The Bertz CT molecular complexity index is 486. The van der Waals surface area contributed by atoms with E-state index >= 15 is 0 Å². The van der Waals surface area contributed by atoms with Gasteiger partial charge in [0, 0.05) is 24.0 Å². The summed E-state index contributed by atoms with van der Waals surface area (Å²) in [6.07, 6.45) is 1.44. The van der Waals surface area contributed by atoms with Crippen LogP contribution in [0.15, 0.2) is 12.1 Å². The van der Waals surface area contributed by atoms with Gasteiger partial charge in [0.15, 0.2) is 17.1 Å². The van der Waals surface area contributed by atoms with E-state index < -0.39 is 5.60 Å². The minimum absolute atomic E-state index is 0.142. The van der Waals surface area contributed by atoms with Crippen molar-refractivity contribution in [2.45, 2.75) is 18.4 Å². The molecule has 82 valence electrons. The standard InChI is InChI=1S/C12H11NO3/c13-7-12(4-6-16-12)9-1-2-10(14)11-8(9)3-5-15-11/h1-2,14H,3-6H2. The Morgan fingerprint density at radius 2 is 2.19 bits per heavy atom. The smallest absolute Gasteiger partial charge is 0.182 e. The van der Waals surface area contributed by atoms with Crippen molar-refractivity contribution in [2.75, 3.05) is 13.2 Å². The number of rotatable bonds is 1. The molecule has 4 nitrogen and oxygen atoms in total. The molecule has 1 atom stereocenters. The van der Waals surface area contributed by atoms with E-state index in [1.54, 1.807) is 12.1 Å². The summed E-state index contributed by atoms with van der Waals surface area (Å²) in [7, 11) is 0. The molecule has 2 aliphatic rings. The number of hydrogen-bond donors (Lipinski definition) is 1. The number of ether oxygens (including phenoxy) is 2. The maximum atomic E-state index is 9.64. The number of aromatic hydroxyl groups is 1. The molecule has 4 heteroatoms. The topological polar surface area (TPSA) is 62.5 Å². The predicted octanol–water partition coefficient (Wildman–Crippen LogP) is 1.47. The van der Waals surface area contributed by atoms with Crippen LogP contribution in [0.2, 0.25) is 0 Å². The van der Waals surface area contributed by atoms with E-state index in [1.807, 2.05) is 0 Å². The Balaban J connectivity index is 2.16. The summed E-state index contributed by atoms with van der Waals surface area (Å²) >= 11 is 0. The quantitative estimate of drug-likeness (QED) is 0.773. The van der Waals surface area contributed by atoms with Gasteiger partial charge in [-0.3, -0.25) is 0 Å². The molecule has 0 aliphatic carbocycles. The summed E-state index contributed by atoms with van der Waals surface area (Å²) in [5, 5.41) is 18.8. The molecule has 0 bridgehead atoms. The van der Waals surface area contributed by atoms with Gasteiger partial charge in [-0.2, -0.15) is 5.26 Å². The minimum Gasteiger partial charge on any atom is -0.504 e. The maximum absolute atomic E-state index is 9.64. The molecule has 0 spiro atoms. The fourth-order valence-electron chi connectivity index (χ4n) is 2.33. The van der Waals surface area contributed by atoms with Crippen LogP contribution in [0, 0.1) is 11.3 Å². The van der Waals surface area contributed by atoms with E-state index in [0.717, 1.165) is 17.5 Å². The molecular formula is C12H11NO3. The highest BCUT2D eigenvalue weighted by atomic mass is 16.5. The van der Waals surface area contributed by atoms with Crippen LogP contribution >= 0.6 is 0 Å². The van der Waals surface area contributed by atoms with Crippen molar-refractivity contribution in [3.8, 4) is 17.6 Å². The monoisotopic (exact) mass is 217 g/mol. The van der Waals surface area contributed by atoms with E-state index in [0.29, 0.717) is 25.4 Å². The van der Waals surface area contributed by atoms with Crippen molar-refractivity contribution in [2.24, 2.45) is 0 Å². The lowest BCUT2D eigenvalue weighted by Crippen LogP contribution is -2.40. The van der Waals surface area contributed by atoms with Crippen molar-refractivity contribution < 1.29 is 14.6 Å². The van der Waals surface area contributed by atoms with Crippen LogP contribution in [0.5, 0.6) is 11.5 Å². The lowest BCUT2D eigenvalue weighted by atomic mass is 9.84. The molecule has 1 aromatic rings. The Kier molecular flexibility index (Phi) is 1.86. The molecule has 16 heavy (non-hydrogen) atoms. The lowest BCUT2D eigenvalue weighted by molar-refractivity contribution is -0.112. The fraction of sp³-hybridized carbons (Fsp3) is 0.417. The SMILES string of the molecule is N#CC1(c2ccc(O)c3c2CCO3)CCO1. The third-order valence-corrected chi connectivity index (χ3v) is 3.26. The second kappa shape index (κ2) is 3.13. The third-order valence-electron chi connectivity index (χ3n) is 3.26. The molecule has 2 aliphatic heterocycles. The number of nitrogens with zero attached hydrogens (tertiary/aromatic N) is 1. The highest BCUT2D eigenvalue weighted by Crippen LogP contribution is 2.45. The summed E-state index contributed by atoms with van der Waals surface area (Å²) in [6, 6.07) is 5.56. The van der Waals surface area contributed by atoms with E-state index in [1.165, 1.54) is 0 Å². The first-order valence-corrected chi connectivity index (χ1v) is 5.30. The number of nitriles is 1. The Morgan fingerprint density at radius 3 is 2.81 bits per heavy atom. The Labute approximate surface area is 93.0 Å². The van der Waals surface area contributed by atoms with Gasteiger partial charge in [-0.15, -0.1) is 0 Å². The summed E-state index contributed by atoms with van der Waals surface area (Å²) in [6.45, 7) is 1.17. The normalized spacial score (nSPS) is 26.4. The second-order valence-electron chi connectivity index (χ2n) is 4.08. The van der Waals surface area contributed by atoms with E-state index in [9.17, 15) is 10.4 Å². The summed E-state index contributed by atoms with van der Waals surface area (Å²) in [4.78, 5) is 0. The van der Waals surface area contributed by atoms with Crippen molar-refractivity contribution in [1.82, 2.24) is 0 Å². The zero-order valence-corrected chi connectivity index (χ0v) is 8.69. The van der Waals surface area contributed by atoms with Gasteiger partial charge >= 0.3 is 0 Å². The molecule has 0 aromatic heterocycles. The van der Waals surface area contributed by atoms with Gasteiger partial charge in [-0.25, -0.2) is 0 Å². The molecule has 1 saturated heterocycles. The van der Waals surface area contributed by atoms with E-state index in [2.05, 4.69) is 6.07 Å². The predicted molar refractivity (Wildman–Crippen MR) is 55.2 cm³/mol. The first-order chi connectivity index (χ1) is 7.77. The van der Waals surface area contributed by atoms with Crippen molar-refractivity contribution >= 4 is 0 Å². The van der Waals surface area contributed by atoms with Crippen LogP contribution < -0.4 is 4.74 Å². The molecule has 1 N–H and O–H groups in total. The molecule has 1 aromatic carbocycles. The van der Waals surface area contributed by atoms with Crippen LogP contribution in [0.1, 0.15) is 17.5 Å². The molecule has 1 fully saturated rings. The molecule has 0 amide bonds. The van der Waals surface area contributed by atoms with Crippen molar-refractivity contribution in [1.29, 1.82) is 5.26 Å². The first-order valence-electron chi connectivity index (χ1n) is 5.30. The number of benzene rings is 1. The van der Waals surface area contributed by atoms with E-state index in [-0.39, 0.29) is 5.75 Å². The number of phenols is 1. The molecule has 1 unspecified atom stereocenters. The van der Waals surface area contributed by atoms with Crippen LogP contribution in [0.4, 0.5) is 0 Å². The average Bonchev–Trinajstić information content (AvgIpc) is 2.70. The minimum atomic E-state index is -0.814. The third kappa shape index (κ3) is 1.06. The zero-order valence-electron chi connectivity index (χ0n) is 8.69. The second-order valence-corrected chi connectivity index (χ2v) is 4.08. The summed E-state index contributed by atoms with van der Waals surface area (Å²) in [5.74, 6) is 0.659. The fourth-order valence-corrected chi connectivity index (χ4v) is 2.33. The van der Waals surface area contributed by atoms with Gasteiger partial charge in [0.1, 0.15) is 6.07 Å². The van der Waals surface area contributed by atoms with Crippen LogP contribution in [-0.2, 0) is 16.8 Å². The molecular weight excluding hydrogens is 206 g/mol. The Morgan fingerprint density at radius 1 is 1.38 bits per heavy atom. The van der Waals surface area contributed by atoms with Gasteiger partial charge in [0.2, 0.25) is 0 Å². The van der Waals surface area contributed by atoms with Gasteiger partial charge in [-0.05, 0) is 6.07 Å². The van der Waals surface area contributed by atoms with Gasteiger partial charge in [-0.1, -0.05) is 6.07 Å². The van der Waals surface area contributed by atoms with E-state index in [4.69, 9.17) is 9.47 Å². The Hall–Kier alpha value is -1.73. The van der Waals surface area contributed by atoms with Gasteiger partial charge in [0.25, 0.3) is 0 Å². The molecule has 3 rings (SSSR count). The summed E-state index contributed by atoms with van der Waals surface area (Å²) in [5.41, 5.74) is 0.957. The average molecular weight is 217 g/mol. The largest absolute Gasteiger partial charge is 0.504 e. The number of hydrogen-bond acceptors (Lipinski definition) is 4. The molecule has 2 heterocycles. The van der Waals surface area contributed by atoms with Gasteiger partial charge < -0.3 is 14.6 Å². The lowest BCUT2D eigenvalue weighted by Gasteiger charge is -2.36. The van der Waals surface area contributed by atoms with Crippen molar-refractivity contribution in [3.63, 3.8) is 0 Å². The maximum Gasteiger partial charge on any atom is 0.182 e. The first kappa shape index (κ1) is 9.49. The van der Waals surface area contributed by atoms with Crippen LogP contribution in [0.25, 0.3) is 0 Å².